The predicted molar refractivity (Wildman–Crippen MR) is 101 cm³/mol. The normalized spacial score (nSPS) is 20.4. The van der Waals surface area contributed by atoms with Crippen LogP contribution in [0.4, 0.5) is 0 Å². The SMILES string of the molecule is CN=C(NCC(C)(C)SC)NC1CC(C)(C)Oc2ccccc21. The zero-order valence-corrected chi connectivity index (χ0v) is 15.9. The van der Waals surface area contributed by atoms with Crippen LogP contribution < -0.4 is 15.4 Å². The zero-order valence-electron chi connectivity index (χ0n) is 15.1. The molecule has 2 rings (SSSR count). The molecule has 0 fully saturated rings. The molecule has 0 bridgehead atoms. The van der Waals surface area contributed by atoms with Crippen molar-refractivity contribution in [2.75, 3.05) is 19.8 Å². The Bertz CT molecular complexity index is 569. The third-order valence-corrected chi connectivity index (χ3v) is 5.39. The molecule has 1 aromatic carbocycles. The Morgan fingerprint density at radius 1 is 1.39 bits per heavy atom. The van der Waals surface area contributed by atoms with E-state index in [9.17, 15) is 0 Å². The molecule has 0 radical (unpaired) electrons. The fraction of sp³-hybridized carbons (Fsp3) is 0.611. The largest absolute Gasteiger partial charge is 0.487 e. The number of aliphatic imine (C=N–C) groups is 1. The van der Waals surface area contributed by atoms with Gasteiger partial charge in [0.05, 0.1) is 6.04 Å². The molecule has 1 aromatic rings. The number of benzene rings is 1. The summed E-state index contributed by atoms with van der Waals surface area (Å²) in [6, 6.07) is 8.44. The van der Waals surface area contributed by atoms with E-state index in [-0.39, 0.29) is 16.4 Å². The van der Waals surface area contributed by atoms with Gasteiger partial charge in [-0.15, -0.1) is 0 Å². The summed E-state index contributed by atoms with van der Waals surface area (Å²) in [5.41, 5.74) is 1.00. The lowest BCUT2D eigenvalue weighted by molar-refractivity contribution is 0.0694. The molecule has 0 saturated carbocycles. The molecule has 23 heavy (non-hydrogen) atoms. The first-order chi connectivity index (χ1) is 10.8. The number of ether oxygens (including phenoxy) is 1. The minimum Gasteiger partial charge on any atom is -0.487 e. The molecule has 0 amide bonds. The number of fused-ring (bicyclic) bond motifs is 1. The van der Waals surface area contributed by atoms with Crippen molar-refractivity contribution in [2.45, 2.75) is 50.5 Å². The van der Waals surface area contributed by atoms with E-state index < -0.39 is 0 Å². The van der Waals surface area contributed by atoms with Crippen LogP contribution in [0, 0.1) is 0 Å². The highest BCUT2D eigenvalue weighted by Gasteiger charge is 2.34. The van der Waals surface area contributed by atoms with Gasteiger partial charge in [0, 0.05) is 30.3 Å². The standard InChI is InChI=1S/C18H29N3OS/c1-17(2)11-14(13-9-7-8-10-15(13)22-17)21-16(19-5)20-12-18(3,4)23-6/h7-10,14H,11-12H2,1-6H3,(H2,19,20,21). The van der Waals surface area contributed by atoms with Crippen molar-refractivity contribution in [3.63, 3.8) is 0 Å². The molecule has 1 atom stereocenters. The van der Waals surface area contributed by atoms with Gasteiger partial charge in [0.15, 0.2) is 5.96 Å². The molecule has 0 spiro atoms. The number of guanidine groups is 1. The van der Waals surface area contributed by atoms with Crippen molar-refractivity contribution >= 4 is 17.7 Å². The van der Waals surface area contributed by atoms with Crippen molar-refractivity contribution in [3.05, 3.63) is 29.8 Å². The van der Waals surface area contributed by atoms with Gasteiger partial charge in [0.25, 0.3) is 0 Å². The second-order valence-electron chi connectivity index (χ2n) is 7.19. The third-order valence-electron chi connectivity index (χ3n) is 4.15. The molecule has 0 aliphatic carbocycles. The number of rotatable bonds is 4. The molecule has 1 aliphatic rings. The van der Waals surface area contributed by atoms with Gasteiger partial charge in [0.1, 0.15) is 11.4 Å². The maximum Gasteiger partial charge on any atom is 0.191 e. The zero-order chi connectivity index (χ0) is 17.1. The molecule has 1 heterocycles. The van der Waals surface area contributed by atoms with E-state index in [1.807, 2.05) is 30.9 Å². The Kier molecular flexibility index (Phi) is 5.50. The van der Waals surface area contributed by atoms with Crippen LogP contribution in [0.5, 0.6) is 5.75 Å². The van der Waals surface area contributed by atoms with Crippen molar-refractivity contribution in [3.8, 4) is 5.75 Å². The first-order valence-corrected chi connectivity index (χ1v) is 9.29. The smallest absolute Gasteiger partial charge is 0.191 e. The van der Waals surface area contributed by atoms with Gasteiger partial charge in [-0.25, -0.2) is 0 Å². The average Bonchev–Trinajstić information content (AvgIpc) is 2.50. The number of para-hydroxylation sites is 1. The lowest BCUT2D eigenvalue weighted by Gasteiger charge is -2.38. The lowest BCUT2D eigenvalue weighted by atomic mass is 9.90. The molecule has 1 aliphatic heterocycles. The summed E-state index contributed by atoms with van der Waals surface area (Å²) in [6.07, 6.45) is 3.03. The molecule has 4 nitrogen and oxygen atoms in total. The lowest BCUT2D eigenvalue weighted by Crippen LogP contribution is -2.47. The first kappa shape index (κ1) is 18.0. The van der Waals surface area contributed by atoms with Crippen LogP contribution in [-0.4, -0.2) is 36.2 Å². The van der Waals surface area contributed by atoms with E-state index in [2.05, 4.69) is 61.7 Å². The molecule has 0 aromatic heterocycles. The second kappa shape index (κ2) is 7.04. The predicted octanol–water partition coefficient (Wildman–Crippen LogP) is 3.60. The number of thioether (sulfide) groups is 1. The molecule has 128 valence electrons. The van der Waals surface area contributed by atoms with E-state index in [1.54, 1.807) is 0 Å². The van der Waals surface area contributed by atoms with Crippen LogP contribution in [0.2, 0.25) is 0 Å². The molecular formula is C18H29N3OS. The van der Waals surface area contributed by atoms with E-state index in [1.165, 1.54) is 5.56 Å². The van der Waals surface area contributed by atoms with Gasteiger partial charge >= 0.3 is 0 Å². The molecule has 1 unspecified atom stereocenters. The first-order valence-electron chi connectivity index (χ1n) is 8.07. The fourth-order valence-electron chi connectivity index (χ4n) is 2.66. The second-order valence-corrected chi connectivity index (χ2v) is 8.70. The van der Waals surface area contributed by atoms with Crippen LogP contribution in [0.1, 0.15) is 45.7 Å². The average molecular weight is 336 g/mol. The summed E-state index contributed by atoms with van der Waals surface area (Å²) in [4.78, 5) is 4.38. The molecular weight excluding hydrogens is 306 g/mol. The van der Waals surface area contributed by atoms with Crippen LogP contribution in [-0.2, 0) is 0 Å². The van der Waals surface area contributed by atoms with Crippen LogP contribution >= 0.6 is 11.8 Å². The van der Waals surface area contributed by atoms with E-state index in [0.717, 1.165) is 24.7 Å². The van der Waals surface area contributed by atoms with Crippen molar-refractivity contribution in [1.29, 1.82) is 0 Å². The van der Waals surface area contributed by atoms with Crippen molar-refractivity contribution in [2.24, 2.45) is 4.99 Å². The van der Waals surface area contributed by atoms with E-state index >= 15 is 0 Å². The summed E-state index contributed by atoms with van der Waals surface area (Å²) in [6.45, 7) is 9.58. The molecule has 0 saturated heterocycles. The van der Waals surface area contributed by atoms with Gasteiger partial charge in [0.2, 0.25) is 0 Å². The third kappa shape index (κ3) is 4.80. The summed E-state index contributed by atoms with van der Waals surface area (Å²) in [5.74, 6) is 1.80. The van der Waals surface area contributed by atoms with Crippen molar-refractivity contribution in [1.82, 2.24) is 10.6 Å². The van der Waals surface area contributed by atoms with Crippen LogP contribution in [0.3, 0.4) is 0 Å². The molecule has 2 N–H and O–H groups in total. The minimum absolute atomic E-state index is 0.171. The summed E-state index contributed by atoms with van der Waals surface area (Å²) >= 11 is 1.85. The van der Waals surface area contributed by atoms with Crippen LogP contribution in [0.25, 0.3) is 0 Å². The van der Waals surface area contributed by atoms with Gasteiger partial charge < -0.3 is 15.4 Å². The Balaban J connectivity index is 2.11. The quantitative estimate of drug-likeness (QED) is 0.652. The van der Waals surface area contributed by atoms with E-state index in [4.69, 9.17) is 4.74 Å². The highest BCUT2D eigenvalue weighted by Crippen LogP contribution is 2.39. The summed E-state index contributed by atoms with van der Waals surface area (Å²) < 4.78 is 6.26. The van der Waals surface area contributed by atoms with Gasteiger partial charge in [-0.1, -0.05) is 18.2 Å². The van der Waals surface area contributed by atoms with Gasteiger partial charge in [-0.2, -0.15) is 11.8 Å². The maximum absolute atomic E-state index is 6.09. The fourth-order valence-corrected chi connectivity index (χ4v) is 2.88. The van der Waals surface area contributed by atoms with Crippen LogP contribution in [0.15, 0.2) is 29.3 Å². The van der Waals surface area contributed by atoms with Crippen molar-refractivity contribution < 1.29 is 4.74 Å². The molecule has 5 heteroatoms. The Labute approximate surface area is 144 Å². The number of nitrogens with one attached hydrogen (secondary N) is 2. The van der Waals surface area contributed by atoms with Gasteiger partial charge in [-0.3, -0.25) is 4.99 Å². The Morgan fingerprint density at radius 3 is 2.74 bits per heavy atom. The number of hydrogen-bond donors (Lipinski definition) is 2. The monoisotopic (exact) mass is 335 g/mol. The number of nitrogens with zero attached hydrogens (tertiary/aromatic N) is 1. The summed E-state index contributed by atoms with van der Waals surface area (Å²) in [7, 11) is 1.82. The van der Waals surface area contributed by atoms with E-state index in [0.29, 0.717) is 0 Å². The Hall–Kier alpha value is -1.36. The highest BCUT2D eigenvalue weighted by molar-refractivity contribution is 7.99. The number of hydrogen-bond acceptors (Lipinski definition) is 3. The van der Waals surface area contributed by atoms with Gasteiger partial charge in [-0.05, 0) is 40.0 Å². The highest BCUT2D eigenvalue weighted by atomic mass is 32.2. The Morgan fingerprint density at radius 2 is 2.09 bits per heavy atom. The minimum atomic E-state index is -0.191. The maximum atomic E-state index is 6.09. The summed E-state index contributed by atoms with van der Waals surface area (Å²) in [5, 5.41) is 7.01. The topological polar surface area (TPSA) is 45.7 Å².